The fourth-order valence-corrected chi connectivity index (χ4v) is 4.84. The third-order valence-corrected chi connectivity index (χ3v) is 6.47. The average Bonchev–Trinajstić information content (AvgIpc) is 2.22. The lowest BCUT2D eigenvalue weighted by atomic mass is 9.72. The minimum absolute atomic E-state index is 0.281. The first-order valence-electron chi connectivity index (χ1n) is 6.28. The Morgan fingerprint density at radius 2 is 1.71 bits per heavy atom. The topological polar surface area (TPSA) is 9.23 Å². The van der Waals surface area contributed by atoms with Gasteiger partial charge in [-0.3, -0.25) is 0 Å². The standard InChI is InChI=1S/C12H26OSi/c1-4-11(5-2,6-3)12(14)9-7-8-10-13-12/h4-10H2,1-3,14H3. The first-order chi connectivity index (χ1) is 6.64. The van der Waals surface area contributed by atoms with E-state index < -0.39 is 0 Å². The van der Waals surface area contributed by atoms with Crippen molar-refractivity contribution in [3.8, 4) is 0 Å². The molecule has 1 saturated heterocycles. The predicted molar refractivity (Wildman–Crippen MR) is 65.8 cm³/mol. The van der Waals surface area contributed by atoms with E-state index in [0.29, 0.717) is 5.41 Å². The normalized spacial score (nSPS) is 29.4. The van der Waals surface area contributed by atoms with Gasteiger partial charge >= 0.3 is 0 Å². The highest BCUT2D eigenvalue weighted by molar-refractivity contribution is 6.15. The lowest BCUT2D eigenvalue weighted by molar-refractivity contribution is -0.109. The van der Waals surface area contributed by atoms with Crippen LogP contribution in [0, 0.1) is 5.41 Å². The second-order valence-corrected chi connectivity index (χ2v) is 6.49. The molecule has 0 N–H and O–H groups in total. The molecule has 0 aliphatic carbocycles. The van der Waals surface area contributed by atoms with Crippen LogP contribution in [0.4, 0.5) is 0 Å². The summed E-state index contributed by atoms with van der Waals surface area (Å²) in [4.78, 5) is 0. The molecule has 0 aromatic heterocycles. The summed E-state index contributed by atoms with van der Waals surface area (Å²) < 4.78 is 6.17. The molecule has 2 heteroatoms. The van der Waals surface area contributed by atoms with E-state index in [4.69, 9.17) is 4.74 Å². The molecule has 1 aliphatic heterocycles. The minimum atomic E-state index is 0.281. The molecular weight excluding hydrogens is 188 g/mol. The van der Waals surface area contributed by atoms with Gasteiger partial charge in [0.15, 0.2) is 0 Å². The van der Waals surface area contributed by atoms with Crippen molar-refractivity contribution in [2.45, 2.75) is 64.5 Å². The van der Waals surface area contributed by atoms with Gasteiger partial charge in [-0.15, -0.1) is 0 Å². The Hall–Kier alpha value is 0.177. The van der Waals surface area contributed by atoms with E-state index in [1.54, 1.807) is 0 Å². The van der Waals surface area contributed by atoms with Crippen LogP contribution in [0.1, 0.15) is 59.3 Å². The van der Waals surface area contributed by atoms with Crippen LogP contribution in [0.3, 0.4) is 0 Å². The molecule has 0 aromatic carbocycles. The highest BCUT2D eigenvalue weighted by Gasteiger charge is 2.45. The summed E-state index contributed by atoms with van der Waals surface area (Å²) >= 11 is 0. The third-order valence-electron chi connectivity index (χ3n) is 4.62. The predicted octanol–water partition coefficient (Wildman–Crippen LogP) is 2.47. The third kappa shape index (κ3) is 1.92. The van der Waals surface area contributed by atoms with Gasteiger partial charge in [0.25, 0.3) is 0 Å². The van der Waals surface area contributed by atoms with Crippen molar-refractivity contribution in [3.63, 3.8) is 0 Å². The molecule has 1 unspecified atom stereocenters. The summed E-state index contributed by atoms with van der Waals surface area (Å²) in [5, 5.41) is 0.281. The zero-order valence-electron chi connectivity index (χ0n) is 10.4. The monoisotopic (exact) mass is 214 g/mol. The van der Waals surface area contributed by atoms with Crippen molar-refractivity contribution < 1.29 is 4.74 Å². The Labute approximate surface area is 92.0 Å². The summed E-state index contributed by atoms with van der Waals surface area (Å²) in [5.41, 5.74) is 0.472. The molecule has 1 rings (SSSR count). The van der Waals surface area contributed by atoms with Crippen LogP contribution in [-0.4, -0.2) is 22.1 Å². The maximum atomic E-state index is 6.17. The van der Waals surface area contributed by atoms with Crippen LogP contribution in [0.15, 0.2) is 0 Å². The van der Waals surface area contributed by atoms with E-state index in [2.05, 4.69) is 20.8 Å². The molecule has 0 saturated carbocycles. The van der Waals surface area contributed by atoms with Crippen molar-refractivity contribution >= 4 is 10.2 Å². The van der Waals surface area contributed by atoms with Gasteiger partial charge in [0.05, 0.1) is 5.22 Å². The Morgan fingerprint density at radius 3 is 2.07 bits per heavy atom. The quantitative estimate of drug-likeness (QED) is 0.653. The van der Waals surface area contributed by atoms with E-state index >= 15 is 0 Å². The van der Waals surface area contributed by atoms with Gasteiger partial charge in [-0.2, -0.15) is 0 Å². The first kappa shape index (κ1) is 12.2. The molecule has 0 aromatic rings. The van der Waals surface area contributed by atoms with Crippen molar-refractivity contribution in [1.82, 2.24) is 0 Å². The van der Waals surface area contributed by atoms with Crippen LogP contribution in [0.5, 0.6) is 0 Å². The van der Waals surface area contributed by atoms with Crippen LogP contribution in [-0.2, 0) is 4.74 Å². The van der Waals surface area contributed by atoms with Crippen LogP contribution >= 0.6 is 0 Å². The summed E-state index contributed by atoms with van der Waals surface area (Å²) in [6.07, 6.45) is 7.81. The molecule has 84 valence electrons. The Kier molecular flexibility index (Phi) is 4.20. The van der Waals surface area contributed by atoms with Gasteiger partial charge in [-0.25, -0.2) is 0 Å². The molecule has 0 radical (unpaired) electrons. The SMILES string of the molecule is CCC(CC)(CC)C1([SiH3])CCCCO1. The van der Waals surface area contributed by atoms with E-state index in [1.807, 2.05) is 0 Å². The Morgan fingerprint density at radius 1 is 1.14 bits per heavy atom. The van der Waals surface area contributed by atoms with Gasteiger partial charge < -0.3 is 4.74 Å². The minimum Gasteiger partial charge on any atom is -0.379 e. The molecule has 1 atom stereocenters. The molecule has 0 bridgehead atoms. The zero-order chi connectivity index (χ0) is 10.7. The first-order valence-corrected chi connectivity index (χ1v) is 7.28. The highest BCUT2D eigenvalue weighted by atomic mass is 28.1. The molecule has 1 nitrogen and oxygen atoms in total. The maximum absolute atomic E-state index is 6.17. The highest BCUT2D eigenvalue weighted by Crippen LogP contribution is 2.46. The smallest absolute Gasteiger partial charge is 0.0540 e. The van der Waals surface area contributed by atoms with Crippen LogP contribution in [0.2, 0.25) is 0 Å². The van der Waals surface area contributed by atoms with Gasteiger partial charge in [0.1, 0.15) is 0 Å². The molecule has 1 fully saturated rings. The molecule has 0 spiro atoms. The fraction of sp³-hybridized carbons (Fsp3) is 1.00. The molecule has 14 heavy (non-hydrogen) atoms. The lowest BCUT2D eigenvalue weighted by Gasteiger charge is -2.50. The Bertz CT molecular complexity index is 161. The largest absolute Gasteiger partial charge is 0.379 e. The molecular formula is C12H26OSi. The number of hydrogen-bond donors (Lipinski definition) is 0. The van der Waals surface area contributed by atoms with Crippen molar-refractivity contribution in [2.24, 2.45) is 5.41 Å². The summed E-state index contributed by atoms with van der Waals surface area (Å²) in [6, 6.07) is 0. The molecule has 1 aliphatic rings. The van der Waals surface area contributed by atoms with Gasteiger partial charge in [-0.05, 0) is 43.9 Å². The summed E-state index contributed by atoms with van der Waals surface area (Å²) in [6.45, 7) is 8.02. The average molecular weight is 214 g/mol. The molecule has 1 heterocycles. The lowest BCUT2D eigenvalue weighted by Crippen LogP contribution is -2.52. The summed E-state index contributed by atoms with van der Waals surface area (Å²) in [7, 11) is 1.19. The Balaban J connectivity index is 2.83. The molecule has 0 amide bonds. The number of rotatable bonds is 4. The van der Waals surface area contributed by atoms with Crippen molar-refractivity contribution in [2.75, 3.05) is 6.61 Å². The van der Waals surface area contributed by atoms with Crippen LogP contribution in [0.25, 0.3) is 0 Å². The van der Waals surface area contributed by atoms with E-state index in [1.165, 1.54) is 48.8 Å². The fourth-order valence-electron chi connectivity index (χ4n) is 3.22. The van der Waals surface area contributed by atoms with Crippen molar-refractivity contribution in [1.29, 1.82) is 0 Å². The van der Waals surface area contributed by atoms with Gasteiger partial charge in [0.2, 0.25) is 0 Å². The van der Waals surface area contributed by atoms with E-state index in [9.17, 15) is 0 Å². The zero-order valence-corrected chi connectivity index (χ0v) is 12.4. The van der Waals surface area contributed by atoms with Gasteiger partial charge in [0, 0.05) is 16.8 Å². The maximum Gasteiger partial charge on any atom is 0.0540 e. The van der Waals surface area contributed by atoms with E-state index in [0.717, 1.165) is 6.61 Å². The van der Waals surface area contributed by atoms with Gasteiger partial charge in [-0.1, -0.05) is 20.8 Å². The van der Waals surface area contributed by atoms with Crippen molar-refractivity contribution in [3.05, 3.63) is 0 Å². The summed E-state index contributed by atoms with van der Waals surface area (Å²) in [5.74, 6) is 0. The number of ether oxygens (including phenoxy) is 1. The number of hydrogen-bond acceptors (Lipinski definition) is 1. The van der Waals surface area contributed by atoms with E-state index in [-0.39, 0.29) is 5.22 Å². The second kappa shape index (κ2) is 4.80. The van der Waals surface area contributed by atoms with Crippen LogP contribution < -0.4 is 0 Å². The second-order valence-electron chi connectivity index (χ2n) is 4.88.